The number of carbonyl (C=O) groups is 1. The Bertz CT molecular complexity index is 741. The highest BCUT2D eigenvalue weighted by Gasteiger charge is 2.38. The molecule has 3 atom stereocenters. The first-order chi connectivity index (χ1) is 11.2. The highest BCUT2D eigenvalue weighted by molar-refractivity contribution is 8.00. The van der Waals surface area contributed by atoms with E-state index in [0.717, 1.165) is 24.4 Å². The Balaban J connectivity index is 1.72. The van der Waals surface area contributed by atoms with Crippen molar-refractivity contribution >= 4 is 23.5 Å². The molecule has 0 fully saturated rings. The van der Waals surface area contributed by atoms with Crippen LogP contribution >= 0.6 is 11.8 Å². The highest BCUT2D eigenvalue weighted by Crippen LogP contribution is 2.41. The Labute approximate surface area is 140 Å². The largest absolute Gasteiger partial charge is 0.293 e. The van der Waals surface area contributed by atoms with E-state index in [2.05, 4.69) is 37.1 Å². The minimum absolute atomic E-state index is 0.0980. The third kappa shape index (κ3) is 2.38. The van der Waals surface area contributed by atoms with Gasteiger partial charge in [0.25, 0.3) is 0 Å². The lowest BCUT2D eigenvalue weighted by Gasteiger charge is -2.39. The van der Waals surface area contributed by atoms with E-state index in [1.807, 2.05) is 21.7 Å². The van der Waals surface area contributed by atoms with E-state index in [1.54, 1.807) is 18.0 Å². The van der Waals surface area contributed by atoms with Crippen LogP contribution in [0.3, 0.4) is 0 Å². The summed E-state index contributed by atoms with van der Waals surface area (Å²) in [5.41, 5.74) is 2.50. The molecule has 2 aliphatic rings. The quantitative estimate of drug-likeness (QED) is 0.803. The molecule has 2 aliphatic heterocycles. The van der Waals surface area contributed by atoms with Crippen molar-refractivity contribution < 1.29 is 4.79 Å². The van der Waals surface area contributed by atoms with E-state index in [9.17, 15) is 4.79 Å². The summed E-state index contributed by atoms with van der Waals surface area (Å²) in [7, 11) is 0. The first-order valence-corrected chi connectivity index (χ1v) is 9.27. The molecule has 0 unspecified atom stereocenters. The summed E-state index contributed by atoms with van der Waals surface area (Å²) in [6, 6.07) is 10.9. The fourth-order valence-corrected chi connectivity index (χ4v) is 5.06. The van der Waals surface area contributed by atoms with Crippen molar-refractivity contribution in [3.8, 4) is 0 Å². The average molecular weight is 327 g/mol. The molecule has 1 amide bonds. The first kappa shape index (κ1) is 14.8. The standard InChI is InChI=1S/C18H21N3OS/c1-12-11-13(2)21-16(7-9-19-21)20(12)18(22)17-15-6-4-3-5-14(15)8-10-23-17/h3-7,9,12-13,17H,8,10-11H2,1-2H3/t12-,13-,17-/m1/s1. The third-order valence-corrected chi connectivity index (χ3v) is 6.12. The Morgan fingerprint density at radius 3 is 2.91 bits per heavy atom. The molecule has 0 saturated heterocycles. The summed E-state index contributed by atoms with van der Waals surface area (Å²) in [6.07, 6.45) is 3.79. The van der Waals surface area contributed by atoms with Crippen molar-refractivity contribution in [2.45, 2.75) is 44.0 Å². The fraction of sp³-hybridized carbons (Fsp3) is 0.444. The normalized spacial score (nSPS) is 26.5. The molecule has 3 heterocycles. The van der Waals surface area contributed by atoms with Gasteiger partial charge in [0.05, 0.1) is 12.2 Å². The van der Waals surface area contributed by atoms with Crippen molar-refractivity contribution in [1.29, 1.82) is 0 Å². The number of amides is 1. The summed E-state index contributed by atoms with van der Waals surface area (Å²) in [5, 5.41) is 4.31. The van der Waals surface area contributed by atoms with Gasteiger partial charge in [0.2, 0.25) is 5.91 Å². The SMILES string of the molecule is C[C@@H]1C[C@@H](C)n2nccc2N1C(=O)[C@@H]1SCCc2ccccc21. The molecule has 2 aromatic rings. The molecule has 0 N–H and O–H groups in total. The summed E-state index contributed by atoms with van der Waals surface area (Å²) < 4.78 is 1.98. The van der Waals surface area contributed by atoms with Crippen molar-refractivity contribution in [3.05, 3.63) is 47.7 Å². The van der Waals surface area contributed by atoms with Gasteiger partial charge in [-0.3, -0.25) is 9.69 Å². The second kappa shape index (κ2) is 5.71. The maximum absolute atomic E-state index is 13.4. The number of hydrogen-bond donors (Lipinski definition) is 0. The zero-order chi connectivity index (χ0) is 16.0. The molecule has 23 heavy (non-hydrogen) atoms. The maximum atomic E-state index is 13.4. The molecule has 4 nitrogen and oxygen atoms in total. The molecule has 0 aliphatic carbocycles. The summed E-state index contributed by atoms with van der Waals surface area (Å²) in [4.78, 5) is 15.3. The van der Waals surface area contributed by atoms with Gasteiger partial charge in [-0.05, 0) is 43.6 Å². The Morgan fingerprint density at radius 2 is 2.04 bits per heavy atom. The summed E-state index contributed by atoms with van der Waals surface area (Å²) in [5.74, 6) is 2.14. The predicted octanol–water partition coefficient (Wildman–Crippen LogP) is 3.60. The molecule has 1 aromatic carbocycles. The number of nitrogens with zero attached hydrogens (tertiary/aromatic N) is 3. The predicted molar refractivity (Wildman–Crippen MR) is 93.8 cm³/mol. The van der Waals surface area contributed by atoms with Crippen LogP contribution in [0.15, 0.2) is 36.5 Å². The minimum Gasteiger partial charge on any atom is -0.293 e. The van der Waals surface area contributed by atoms with E-state index in [1.165, 1.54) is 11.1 Å². The van der Waals surface area contributed by atoms with Gasteiger partial charge in [-0.1, -0.05) is 24.3 Å². The highest BCUT2D eigenvalue weighted by atomic mass is 32.2. The average Bonchev–Trinajstić information content (AvgIpc) is 3.04. The van der Waals surface area contributed by atoms with Gasteiger partial charge in [0, 0.05) is 12.1 Å². The van der Waals surface area contributed by atoms with Crippen LogP contribution in [0.25, 0.3) is 0 Å². The molecule has 1 aromatic heterocycles. The Morgan fingerprint density at radius 1 is 1.22 bits per heavy atom. The van der Waals surface area contributed by atoms with Crippen molar-refractivity contribution in [2.24, 2.45) is 0 Å². The molecular weight excluding hydrogens is 306 g/mol. The van der Waals surface area contributed by atoms with Gasteiger partial charge >= 0.3 is 0 Å². The second-order valence-electron chi connectivity index (χ2n) is 6.48. The number of thioether (sulfide) groups is 1. The van der Waals surface area contributed by atoms with E-state index < -0.39 is 0 Å². The monoisotopic (exact) mass is 327 g/mol. The number of carbonyl (C=O) groups excluding carboxylic acids is 1. The molecule has 0 saturated carbocycles. The lowest BCUT2D eigenvalue weighted by Crippen LogP contribution is -2.47. The van der Waals surface area contributed by atoms with Crippen LogP contribution in [0.2, 0.25) is 0 Å². The van der Waals surface area contributed by atoms with Crippen LogP contribution in [0, 0.1) is 0 Å². The fourth-order valence-electron chi connectivity index (χ4n) is 3.82. The topological polar surface area (TPSA) is 38.1 Å². The number of hydrogen-bond acceptors (Lipinski definition) is 3. The van der Waals surface area contributed by atoms with Gasteiger partial charge in [-0.2, -0.15) is 5.10 Å². The number of benzene rings is 1. The lowest BCUT2D eigenvalue weighted by molar-refractivity contribution is -0.119. The minimum atomic E-state index is -0.0980. The van der Waals surface area contributed by atoms with E-state index in [0.29, 0.717) is 6.04 Å². The molecule has 120 valence electrons. The van der Waals surface area contributed by atoms with E-state index >= 15 is 0 Å². The van der Waals surface area contributed by atoms with Gasteiger partial charge in [-0.15, -0.1) is 11.8 Å². The van der Waals surface area contributed by atoms with Crippen LogP contribution in [0.5, 0.6) is 0 Å². The Kier molecular flexibility index (Phi) is 3.68. The van der Waals surface area contributed by atoms with E-state index in [-0.39, 0.29) is 17.2 Å². The van der Waals surface area contributed by atoms with Crippen LogP contribution in [-0.2, 0) is 11.2 Å². The van der Waals surface area contributed by atoms with E-state index in [4.69, 9.17) is 0 Å². The Hall–Kier alpha value is -1.75. The van der Waals surface area contributed by atoms with Crippen molar-refractivity contribution in [1.82, 2.24) is 9.78 Å². The van der Waals surface area contributed by atoms with Crippen LogP contribution in [0.1, 0.15) is 42.7 Å². The second-order valence-corrected chi connectivity index (χ2v) is 7.69. The molecule has 5 heteroatoms. The lowest BCUT2D eigenvalue weighted by atomic mass is 9.99. The van der Waals surface area contributed by atoms with Crippen molar-refractivity contribution in [2.75, 3.05) is 10.7 Å². The zero-order valence-electron chi connectivity index (χ0n) is 13.5. The molecule has 0 radical (unpaired) electrons. The van der Waals surface area contributed by atoms with Crippen molar-refractivity contribution in [3.63, 3.8) is 0 Å². The van der Waals surface area contributed by atoms with Crippen LogP contribution < -0.4 is 4.90 Å². The summed E-state index contributed by atoms with van der Waals surface area (Å²) in [6.45, 7) is 4.31. The van der Waals surface area contributed by atoms with Crippen LogP contribution in [-0.4, -0.2) is 27.5 Å². The van der Waals surface area contributed by atoms with Gasteiger partial charge in [-0.25, -0.2) is 4.68 Å². The molecular formula is C18H21N3OS. The number of aryl methyl sites for hydroxylation is 1. The first-order valence-electron chi connectivity index (χ1n) is 8.23. The van der Waals surface area contributed by atoms with Gasteiger partial charge < -0.3 is 0 Å². The number of anilines is 1. The zero-order valence-corrected chi connectivity index (χ0v) is 14.3. The molecule has 0 spiro atoms. The van der Waals surface area contributed by atoms with Crippen LogP contribution in [0.4, 0.5) is 5.82 Å². The van der Waals surface area contributed by atoms with Gasteiger partial charge in [0.1, 0.15) is 11.1 Å². The molecule has 4 rings (SSSR count). The number of aromatic nitrogens is 2. The molecule has 0 bridgehead atoms. The third-order valence-electron chi connectivity index (χ3n) is 4.89. The number of rotatable bonds is 1. The number of fused-ring (bicyclic) bond motifs is 2. The van der Waals surface area contributed by atoms with Gasteiger partial charge in [0.15, 0.2) is 0 Å². The summed E-state index contributed by atoms with van der Waals surface area (Å²) >= 11 is 1.77. The smallest absolute Gasteiger partial charge is 0.246 e. The maximum Gasteiger partial charge on any atom is 0.246 e.